The third-order valence-corrected chi connectivity index (χ3v) is 9.96. The average Bonchev–Trinajstić information content (AvgIpc) is 3.55. The minimum Gasteiger partial charge on any atom is -0.486 e. The summed E-state index contributed by atoms with van der Waals surface area (Å²) in [6.45, 7) is 3.77. The number of imidazole rings is 1. The molecule has 2 amide bonds. The number of ketones is 1. The van der Waals surface area contributed by atoms with Crippen LogP contribution in [-0.2, 0) is 31.0 Å². The molecule has 0 fully saturated rings. The van der Waals surface area contributed by atoms with Gasteiger partial charge in [-0.25, -0.2) is 14.6 Å². The Hall–Kier alpha value is -7.61. The van der Waals surface area contributed by atoms with Gasteiger partial charge in [-0.15, -0.1) is 0 Å². The monoisotopic (exact) mass is 827 g/mol. The van der Waals surface area contributed by atoms with Gasteiger partial charge in [0.15, 0.2) is 5.78 Å². The van der Waals surface area contributed by atoms with Crippen molar-refractivity contribution in [3.8, 4) is 17.2 Å². The van der Waals surface area contributed by atoms with Crippen molar-refractivity contribution in [2.45, 2.75) is 39.1 Å². The number of nitrogens with zero attached hydrogens (tertiary/aromatic N) is 2. The molecule has 14 heteroatoms. The number of carboxylic acids is 1. The number of aliphatic carboxylic acids is 1. The molecule has 0 saturated heterocycles. The molecule has 0 aliphatic rings. The van der Waals surface area contributed by atoms with E-state index in [4.69, 9.17) is 14.5 Å². The lowest BCUT2D eigenvalue weighted by Crippen LogP contribution is -2.32. The smallest absolute Gasteiger partial charge is 0.416 e. The number of carboxylic acid groups (broad SMARTS) is 1. The summed E-state index contributed by atoms with van der Waals surface area (Å²) in [4.78, 5) is 42.9. The molecule has 7 aromatic rings. The number of halogens is 3. The van der Waals surface area contributed by atoms with Crippen molar-refractivity contribution in [3.05, 3.63) is 173 Å². The lowest BCUT2D eigenvalue weighted by Gasteiger charge is -2.18. The van der Waals surface area contributed by atoms with Gasteiger partial charge in [0, 0.05) is 47.7 Å². The number of hydrogen-bond acceptors (Lipinski definition) is 7. The lowest BCUT2D eigenvalue weighted by atomic mass is 10.00. The van der Waals surface area contributed by atoms with Crippen LogP contribution in [0.25, 0.3) is 11.0 Å². The molecular weight excluding hydrogens is 788 g/mol. The number of amides is 2. The summed E-state index contributed by atoms with van der Waals surface area (Å²) in [6.07, 6.45) is -4.31. The number of ether oxygens (including phenoxy) is 2. The number of aryl methyl sites for hydroxylation is 3. The number of fused-ring (bicyclic) bond motifs is 1. The molecule has 4 N–H and O–H groups in total. The quantitative estimate of drug-likeness (QED) is 0.0794. The van der Waals surface area contributed by atoms with E-state index in [9.17, 15) is 32.7 Å². The van der Waals surface area contributed by atoms with E-state index in [1.165, 1.54) is 12.1 Å². The molecule has 1 aromatic heterocycles. The number of rotatable bonds is 14. The van der Waals surface area contributed by atoms with Crippen molar-refractivity contribution in [1.29, 1.82) is 0 Å². The predicted molar refractivity (Wildman–Crippen MR) is 227 cm³/mol. The van der Waals surface area contributed by atoms with Crippen molar-refractivity contribution >= 4 is 45.9 Å². The second-order valence-corrected chi connectivity index (χ2v) is 14.3. The van der Waals surface area contributed by atoms with Crippen LogP contribution in [0.3, 0.4) is 0 Å². The summed E-state index contributed by atoms with van der Waals surface area (Å²) < 4.78 is 52.9. The van der Waals surface area contributed by atoms with Gasteiger partial charge in [-0.3, -0.25) is 4.79 Å². The van der Waals surface area contributed by atoms with Gasteiger partial charge in [0.05, 0.1) is 16.6 Å². The van der Waals surface area contributed by atoms with Crippen LogP contribution in [0.5, 0.6) is 17.2 Å². The topological polar surface area (TPSA) is 144 Å². The van der Waals surface area contributed by atoms with Gasteiger partial charge in [-0.2, -0.15) is 13.2 Å². The van der Waals surface area contributed by atoms with E-state index in [1.807, 2.05) is 29.8 Å². The van der Waals surface area contributed by atoms with E-state index in [1.54, 1.807) is 105 Å². The normalized spacial score (nSPS) is 11.8. The van der Waals surface area contributed by atoms with Crippen molar-refractivity contribution in [3.63, 3.8) is 0 Å². The van der Waals surface area contributed by atoms with Gasteiger partial charge in [0.25, 0.3) is 0 Å². The van der Waals surface area contributed by atoms with Crippen molar-refractivity contribution in [2.24, 2.45) is 7.05 Å². The highest BCUT2D eigenvalue weighted by Crippen LogP contribution is 2.33. The summed E-state index contributed by atoms with van der Waals surface area (Å²) >= 11 is 0. The van der Waals surface area contributed by atoms with Gasteiger partial charge in [0.1, 0.15) is 35.7 Å². The van der Waals surface area contributed by atoms with Crippen molar-refractivity contribution in [2.75, 3.05) is 16.0 Å². The standard InChI is InChI=1S/C47H40F3N5O6/c1-28-23-36(24-29(2)43(28)54-46(59)51-33-17-15-32(16-18-33)47(48,49)50)61-35-21-22-39-41(26-35)55(3)42(53-39)27-60-34-19-13-30(14-20-34)25-40(45(57)58)52-38-12-8-7-11-37(38)44(56)31-9-5-4-6-10-31/h4-24,26,40,52H,25,27H2,1-3H3,(H,57,58)(H2,51,54,59)/t40-/m0/s1. The number of anilines is 3. The summed E-state index contributed by atoms with van der Waals surface area (Å²) in [5, 5.41) is 18.5. The van der Waals surface area contributed by atoms with Crippen LogP contribution in [0.15, 0.2) is 133 Å². The van der Waals surface area contributed by atoms with E-state index >= 15 is 0 Å². The fourth-order valence-corrected chi connectivity index (χ4v) is 6.79. The molecular formula is C47H40F3N5O6. The lowest BCUT2D eigenvalue weighted by molar-refractivity contribution is -0.138. The molecule has 0 radical (unpaired) electrons. The SMILES string of the molecule is Cc1cc(Oc2ccc3nc(COc4ccc(C[C@H](Nc5ccccc5C(=O)c5ccccc5)C(=O)O)cc4)n(C)c3c2)cc(C)c1NC(=O)Nc1ccc(C(F)(F)F)cc1. The molecule has 0 saturated carbocycles. The van der Waals surface area contributed by atoms with Crippen LogP contribution in [0.2, 0.25) is 0 Å². The molecule has 0 aliphatic heterocycles. The van der Waals surface area contributed by atoms with Crippen LogP contribution in [0, 0.1) is 13.8 Å². The van der Waals surface area contributed by atoms with Crippen molar-refractivity contribution < 1.29 is 42.1 Å². The van der Waals surface area contributed by atoms with E-state index in [2.05, 4.69) is 16.0 Å². The summed E-state index contributed by atoms with van der Waals surface area (Å²) in [5.41, 5.74) is 4.98. The zero-order valence-corrected chi connectivity index (χ0v) is 33.2. The minimum atomic E-state index is -4.47. The molecule has 0 bridgehead atoms. The predicted octanol–water partition coefficient (Wildman–Crippen LogP) is 10.6. The number of aromatic nitrogens is 2. The van der Waals surface area contributed by atoms with Gasteiger partial charge in [-0.05, 0) is 103 Å². The number of carbonyl (C=O) groups is 3. The third kappa shape index (κ3) is 9.99. The number of urea groups is 1. The Morgan fingerprint density at radius 2 is 1.43 bits per heavy atom. The average molecular weight is 828 g/mol. The maximum Gasteiger partial charge on any atom is 0.416 e. The molecule has 6 aromatic carbocycles. The highest BCUT2D eigenvalue weighted by molar-refractivity contribution is 6.12. The first kappa shape index (κ1) is 41.5. The van der Waals surface area contributed by atoms with Crippen LogP contribution in [0.4, 0.5) is 35.0 Å². The molecule has 1 heterocycles. The molecule has 0 spiro atoms. The minimum absolute atomic E-state index is 0.157. The molecule has 1 atom stereocenters. The Kier molecular flexibility index (Phi) is 12.1. The van der Waals surface area contributed by atoms with Crippen LogP contribution < -0.4 is 25.4 Å². The Balaban J connectivity index is 0.955. The maximum absolute atomic E-state index is 13.2. The van der Waals surface area contributed by atoms with Gasteiger partial charge in [0.2, 0.25) is 0 Å². The third-order valence-electron chi connectivity index (χ3n) is 9.96. The highest BCUT2D eigenvalue weighted by Gasteiger charge is 2.30. The number of para-hydroxylation sites is 1. The maximum atomic E-state index is 13.2. The second kappa shape index (κ2) is 17.7. The fourth-order valence-electron chi connectivity index (χ4n) is 6.79. The Morgan fingerprint density at radius 1 is 0.770 bits per heavy atom. The van der Waals surface area contributed by atoms with E-state index < -0.39 is 29.8 Å². The second-order valence-electron chi connectivity index (χ2n) is 14.3. The fraction of sp³-hybridized carbons (Fsp3) is 0.149. The zero-order chi connectivity index (χ0) is 43.3. The van der Waals surface area contributed by atoms with E-state index in [-0.39, 0.29) is 24.5 Å². The van der Waals surface area contributed by atoms with E-state index in [0.29, 0.717) is 56.7 Å². The molecule has 7 rings (SSSR count). The Bertz CT molecular complexity index is 2690. The number of alkyl halides is 3. The first-order valence-corrected chi connectivity index (χ1v) is 19.1. The van der Waals surface area contributed by atoms with E-state index in [0.717, 1.165) is 28.7 Å². The molecule has 0 unspecified atom stereocenters. The summed E-state index contributed by atoms with van der Waals surface area (Å²) in [5.74, 6) is 1.05. The zero-order valence-electron chi connectivity index (χ0n) is 33.2. The van der Waals surface area contributed by atoms with Crippen molar-refractivity contribution in [1.82, 2.24) is 9.55 Å². The molecule has 0 aliphatic carbocycles. The van der Waals surface area contributed by atoms with Crippen LogP contribution in [0.1, 0.15) is 44.0 Å². The Labute approximate surface area is 348 Å². The highest BCUT2D eigenvalue weighted by atomic mass is 19.4. The first-order valence-electron chi connectivity index (χ1n) is 19.1. The Morgan fingerprint density at radius 3 is 2.10 bits per heavy atom. The van der Waals surface area contributed by atoms with Gasteiger partial charge < -0.3 is 35.1 Å². The largest absolute Gasteiger partial charge is 0.486 e. The number of carbonyl (C=O) groups excluding carboxylic acids is 2. The number of benzene rings is 6. The van der Waals surface area contributed by atoms with Crippen LogP contribution >= 0.6 is 0 Å². The number of hydrogen-bond donors (Lipinski definition) is 4. The van der Waals surface area contributed by atoms with Gasteiger partial charge >= 0.3 is 18.2 Å². The molecule has 310 valence electrons. The number of nitrogens with one attached hydrogen (secondary N) is 3. The van der Waals surface area contributed by atoms with Gasteiger partial charge in [-0.1, -0.05) is 54.6 Å². The first-order chi connectivity index (χ1) is 29.2. The summed E-state index contributed by atoms with van der Waals surface area (Å²) in [6, 6.07) is 34.5. The molecule has 61 heavy (non-hydrogen) atoms. The van der Waals surface area contributed by atoms with Crippen LogP contribution in [-0.4, -0.2) is 38.5 Å². The summed E-state index contributed by atoms with van der Waals surface area (Å²) in [7, 11) is 1.87. The molecule has 11 nitrogen and oxygen atoms in total.